The molecule has 0 fully saturated rings. The topological polar surface area (TPSA) is 48.4 Å². The van der Waals surface area contributed by atoms with E-state index >= 15 is 0 Å². The van der Waals surface area contributed by atoms with E-state index in [4.69, 9.17) is 0 Å². The van der Waals surface area contributed by atoms with Gasteiger partial charge < -0.3 is 9.47 Å². The van der Waals surface area contributed by atoms with Gasteiger partial charge in [0.05, 0.1) is 6.61 Å². The maximum absolute atomic E-state index is 12.9. The lowest BCUT2D eigenvalue weighted by Gasteiger charge is -2.14. The number of nitrogens with zero attached hydrogens (tertiary/aromatic N) is 1. The van der Waals surface area contributed by atoms with Gasteiger partial charge in [0.25, 0.3) is 6.43 Å². The minimum atomic E-state index is -5.33. The van der Waals surface area contributed by atoms with Gasteiger partial charge in [-0.1, -0.05) is 0 Å². The van der Waals surface area contributed by atoms with Crippen LogP contribution in [0.15, 0.2) is 6.07 Å². The van der Waals surface area contributed by atoms with Gasteiger partial charge in [-0.05, 0) is 6.92 Å². The predicted molar refractivity (Wildman–Crippen MR) is 51.8 cm³/mol. The first kappa shape index (κ1) is 16.1. The van der Waals surface area contributed by atoms with E-state index in [0.717, 1.165) is 0 Å². The SMILES string of the molecule is CCOC(=O)c1c(C(F)F)cc(F)nc1OC(F)(F)F. The predicted octanol–water partition coefficient (Wildman–Crippen LogP) is 3.23. The third-order valence-electron chi connectivity index (χ3n) is 1.91. The fourth-order valence-corrected chi connectivity index (χ4v) is 1.27. The Bertz CT molecular complexity index is 503. The third kappa shape index (κ3) is 4.00. The average Bonchev–Trinajstić information content (AvgIpc) is 2.25. The molecule has 1 rings (SSSR count). The second-order valence-electron chi connectivity index (χ2n) is 3.28. The van der Waals surface area contributed by atoms with E-state index in [2.05, 4.69) is 14.5 Å². The number of carbonyl (C=O) groups is 1. The molecule has 0 spiro atoms. The zero-order chi connectivity index (χ0) is 15.5. The van der Waals surface area contributed by atoms with Crippen LogP contribution in [0, 0.1) is 5.95 Å². The van der Waals surface area contributed by atoms with E-state index in [0.29, 0.717) is 0 Å². The maximum Gasteiger partial charge on any atom is 0.574 e. The smallest absolute Gasteiger partial charge is 0.462 e. The molecule has 0 aliphatic carbocycles. The van der Waals surface area contributed by atoms with Crippen molar-refractivity contribution in [2.24, 2.45) is 0 Å². The summed E-state index contributed by atoms with van der Waals surface area (Å²) in [5.41, 5.74) is -2.56. The molecule has 0 saturated carbocycles. The Morgan fingerprint density at radius 2 is 2.00 bits per heavy atom. The highest BCUT2D eigenvalue weighted by Gasteiger charge is 2.36. The van der Waals surface area contributed by atoms with Crippen LogP contribution in [0.5, 0.6) is 5.88 Å². The molecular weight excluding hydrogens is 296 g/mol. The van der Waals surface area contributed by atoms with Gasteiger partial charge in [0, 0.05) is 11.6 Å². The van der Waals surface area contributed by atoms with Crippen LogP contribution in [0.25, 0.3) is 0 Å². The lowest BCUT2D eigenvalue weighted by Crippen LogP contribution is -2.22. The molecule has 0 aliphatic rings. The van der Waals surface area contributed by atoms with Gasteiger partial charge >= 0.3 is 12.3 Å². The van der Waals surface area contributed by atoms with Crippen molar-refractivity contribution in [3.8, 4) is 5.88 Å². The van der Waals surface area contributed by atoms with Crippen LogP contribution >= 0.6 is 0 Å². The van der Waals surface area contributed by atoms with E-state index in [1.54, 1.807) is 0 Å². The highest BCUT2D eigenvalue weighted by Crippen LogP contribution is 2.32. The van der Waals surface area contributed by atoms with E-state index in [9.17, 15) is 31.1 Å². The largest absolute Gasteiger partial charge is 0.574 e. The van der Waals surface area contributed by atoms with E-state index < -0.39 is 41.7 Å². The number of halogens is 6. The summed E-state index contributed by atoms with van der Waals surface area (Å²) in [7, 11) is 0. The second kappa shape index (κ2) is 5.97. The normalized spacial score (nSPS) is 11.6. The van der Waals surface area contributed by atoms with Gasteiger partial charge in [0.15, 0.2) is 0 Å². The van der Waals surface area contributed by atoms with Crippen LogP contribution in [0.3, 0.4) is 0 Å². The third-order valence-corrected chi connectivity index (χ3v) is 1.91. The lowest BCUT2D eigenvalue weighted by molar-refractivity contribution is -0.276. The summed E-state index contributed by atoms with van der Waals surface area (Å²) >= 11 is 0. The molecule has 0 saturated heterocycles. The Balaban J connectivity index is 3.43. The van der Waals surface area contributed by atoms with Gasteiger partial charge in [0.1, 0.15) is 5.56 Å². The minimum Gasteiger partial charge on any atom is -0.462 e. The van der Waals surface area contributed by atoms with Crippen molar-refractivity contribution in [3.63, 3.8) is 0 Å². The monoisotopic (exact) mass is 303 g/mol. The number of aromatic nitrogens is 1. The number of ether oxygens (including phenoxy) is 2. The molecule has 0 aromatic carbocycles. The maximum atomic E-state index is 12.9. The molecule has 112 valence electrons. The van der Waals surface area contributed by atoms with Crippen LogP contribution in [-0.4, -0.2) is 23.9 Å². The summed E-state index contributed by atoms with van der Waals surface area (Å²) in [6, 6.07) is 0.139. The molecule has 0 N–H and O–H groups in total. The number of esters is 1. The van der Waals surface area contributed by atoms with Crippen molar-refractivity contribution in [1.82, 2.24) is 4.98 Å². The van der Waals surface area contributed by atoms with Gasteiger partial charge in [-0.25, -0.2) is 13.6 Å². The number of carbonyl (C=O) groups excluding carboxylic acids is 1. The van der Waals surface area contributed by atoms with Crippen molar-refractivity contribution >= 4 is 5.97 Å². The van der Waals surface area contributed by atoms with E-state index in [1.807, 2.05) is 0 Å². The van der Waals surface area contributed by atoms with Crippen molar-refractivity contribution < 1.29 is 40.6 Å². The summed E-state index contributed by atoms with van der Waals surface area (Å²) in [5.74, 6) is -4.78. The Labute approximate surface area is 108 Å². The molecule has 4 nitrogen and oxygen atoms in total. The van der Waals surface area contributed by atoms with Crippen LogP contribution in [-0.2, 0) is 4.74 Å². The molecule has 0 radical (unpaired) electrons. The highest BCUT2D eigenvalue weighted by atomic mass is 19.4. The minimum absolute atomic E-state index is 0.139. The standard InChI is InChI=1S/C10H7F6NO3/c1-2-19-9(18)6-4(7(12)13)3-5(11)17-8(6)20-10(14,15)16/h3,7H,2H2,1H3. The lowest BCUT2D eigenvalue weighted by atomic mass is 10.1. The molecule has 10 heteroatoms. The summed E-state index contributed by atoms with van der Waals surface area (Å²) in [6.07, 6.45) is -8.75. The Hall–Kier alpha value is -2.00. The Kier molecular flexibility index (Phi) is 4.79. The van der Waals surface area contributed by atoms with Crippen LogP contribution in [0.2, 0.25) is 0 Å². The number of rotatable bonds is 4. The van der Waals surface area contributed by atoms with Crippen molar-refractivity contribution in [2.75, 3.05) is 6.61 Å². The number of alkyl halides is 5. The quantitative estimate of drug-likeness (QED) is 0.487. The van der Waals surface area contributed by atoms with E-state index in [-0.39, 0.29) is 12.7 Å². The first-order valence-corrected chi connectivity index (χ1v) is 5.07. The van der Waals surface area contributed by atoms with Gasteiger partial charge in [-0.3, -0.25) is 0 Å². The van der Waals surface area contributed by atoms with Gasteiger partial charge in [-0.15, -0.1) is 13.2 Å². The van der Waals surface area contributed by atoms with Crippen molar-refractivity contribution in [1.29, 1.82) is 0 Å². The number of hydrogen-bond donors (Lipinski definition) is 0. The molecule has 1 aromatic heterocycles. The van der Waals surface area contributed by atoms with Crippen LogP contribution < -0.4 is 4.74 Å². The number of hydrogen-bond acceptors (Lipinski definition) is 4. The Morgan fingerprint density at radius 3 is 2.45 bits per heavy atom. The molecule has 0 bridgehead atoms. The zero-order valence-corrected chi connectivity index (χ0v) is 9.80. The average molecular weight is 303 g/mol. The molecule has 0 atom stereocenters. The van der Waals surface area contributed by atoms with Crippen molar-refractivity contribution in [2.45, 2.75) is 19.7 Å². The highest BCUT2D eigenvalue weighted by molar-refractivity contribution is 5.93. The first-order chi connectivity index (χ1) is 9.15. The first-order valence-electron chi connectivity index (χ1n) is 5.07. The molecule has 0 unspecified atom stereocenters. The fraction of sp³-hybridized carbons (Fsp3) is 0.400. The molecule has 0 amide bonds. The van der Waals surface area contributed by atoms with Crippen LogP contribution in [0.1, 0.15) is 29.3 Å². The molecule has 0 aliphatic heterocycles. The summed E-state index contributed by atoms with van der Waals surface area (Å²) in [5, 5.41) is 0. The second-order valence-corrected chi connectivity index (χ2v) is 3.28. The Morgan fingerprint density at radius 1 is 1.40 bits per heavy atom. The van der Waals surface area contributed by atoms with E-state index in [1.165, 1.54) is 6.92 Å². The molecule has 1 heterocycles. The molecular formula is C10H7F6NO3. The van der Waals surface area contributed by atoms with Gasteiger partial charge in [-0.2, -0.15) is 9.37 Å². The number of pyridine rings is 1. The summed E-state index contributed by atoms with van der Waals surface area (Å²) in [6.45, 7) is 1.02. The van der Waals surface area contributed by atoms with Gasteiger partial charge in [0.2, 0.25) is 11.8 Å². The fourth-order valence-electron chi connectivity index (χ4n) is 1.27. The van der Waals surface area contributed by atoms with Crippen molar-refractivity contribution in [3.05, 3.63) is 23.1 Å². The van der Waals surface area contributed by atoms with Crippen LogP contribution in [0.4, 0.5) is 26.3 Å². The zero-order valence-electron chi connectivity index (χ0n) is 9.80. The molecule has 20 heavy (non-hydrogen) atoms. The molecule has 1 aromatic rings. The summed E-state index contributed by atoms with van der Waals surface area (Å²) in [4.78, 5) is 14.1. The summed E-state index contributed by atoms with van der Waals surface area (Å²) < 4.78 is 82.3.